The molecule has 3 aromatic heterocycles. The standard InChI is InChI=1S/C23H27N7OS/c1-15(2)17-6-4-5-7-18(17)20-24-12-19-21(26-20)30(23(31)28(19)3)13-16-8-10-29(11-9-16)22-27-25-14-32-22/h4-7,12,14-16H,8-11,13H2,1-3H3. The van der Waals surface area contributed by atoms with E-state index >= 15 is 0 Å². The molecule has 9 heteroatoms. The average molecular weight is 450 g/mol. The lowest BCUT2D eigenvalue weighted by Gasteiger charge is -2.31. The third-order valence-electron chi connectivity index (χ3n) is 6.38. The number of rotatable bonds is 5. The van der Waals surface area contributed by atoms with Gasteiger partial charge in [-0.3, -0.25) is 9.13 Å². The minimum atomic E-state index is -0.0323. The molecule has 5 rings (SSSR count). The minimum absolute atomic E-state index is 0.0323. The number of anilines is 1. The molecule has 1 saturated heterocycles. The van der Waals surface area contributed by atoms with Gasteiger partial charge >= 0.3 is 5.69 Å². The number of fused-ring (bicyclic) bond motifs is 1. The van der Waals surface area contributed by atoms with Gasteiger partial charge in [0.2, 0.25) is 5.13 Å². The molecule has 0 unspecified atom stereocenters. The highest BCUT2D eigenvalue weighted by atomic mass is 32.1. The summed E-state index contributed by atoms with van der Waals surface area (Å²) in [5.41, 5.74) is 5.46. The van der Waals surface area contributed by atoms with Crippen LogP contribution in [-0.4, -0.2) is 42.4 Å². The quantitative estimate of drug-likeness (QED) is 0.462. The van der Waals surface area contributed by atoms with Crippen LogP contribution >= 0.6 is 11.3 Å². The third-order valence-corrected chi connectivity index (χ3v) is 7.13. The highest BCUT2D eigenvalue weighted by Crippen LogP contribution is 2.28. The first-order valence-electron chi connectivity index (χ1n) is 11.1. The molecule has 0 N–H and O–H groups in total. The minimum Gasteiger partial charge on any atom is -0.347 e. The molecular weight excluding hydrogens is 422 g/mol. The van der Waals surface area contributed by atoms with Crippen LogP contribution in [0.3, 0.4) is 0 Å². The van der Waals surface area contributed by atoms with Crippen LogP contribution in [0.4, 0.5) is 5.13 Å². The van der Waals surface area contributed by atoms with Crippen LogP contribution in [0.1, 0.15) is 38.2 Å². The first-order valence-corrected chi connectivity index (χ1v) is 11.9. The van der Waals surface area contributed by atoms with Crippen LogP contribution in [0.25, 0.3) is 22.6 Å². The predicted molar refractivity (Wildman–Crippen MR) is 127 cm³/mol. The lowest BCUT2D eigenvalue weighted by molar-refractivity contribution is 0.354. The van der Waals surface area contributed by atoms with Crippen LogP contribution in [0.5, 0.6) is 0 Å². The molecule has 1 aromatic carbocycles. The van der Waals surface area contributed by atoms with Gasteiger partial charge in [-0.05, 0) is 30.2 Å². The average Bonchev–Trinajstić information content (AvgIpc) is 3.43. The molecule has 32 heavy (non-hydrogen) atoms. The van der Waals surface area contributed by atoms with E-state index in [4.69, 9.17) is 4.98 Å². The molecule has 0 spiro atoms. The van der Waals surface area contributed by atoms with Crippen molar-refractivity contribution in [3.05, 3.63) is 52.0 Å². The summed E-state index contributed by atoms with van der Waals surface area (Å²) in [7, 11) is 1.80. The maximum Gasteiger partial charge on any atom is 0.330 e. The Morgan fingerprint density at radius 2 is 1.97 bits per heavy atom. The third kappa shape index (κ3) is 3.70. The van der Waals surface area contributed by atoms with Crippen LogP contribution in [0.2, 0.25) is 0 Å². The number of piperidine rings is 1. The molecule has 1 fully saturated rings. The van der Waals surface area contributed by atoms with Gasteiger partial charge in [-0.2, -0.15) is 0 Å². The molecule has 0 amide bonds. The van der Waals surface area contributed by atoms with E-state index in [2.05, 4.69) is 46.1 Å². The Kier molecular flexibility index (Phi) is 5.50. The summed E-state index contributed by atoms with van der Waals surface area (Å²) in [6.07, 6.45) is 3.80. The molecule has 4 aromatic rings. The van der Waals surface area contributed by atoms with Gasteiger partial charge < -0.3 is 4.90 Å². The molecule has 166 valence electrons. The van der Waals surface area contributed by atoms with Gasteiger partial charge in [0.05, 0.1) is 6.20 Å². The van der Waals surface area contributed by atoms with Crippen LogP contribution < -0.4 is 10.6 Å². The van der Waals surface area contributed by atoms with Crippen molar-refractivity contribution in [1.29, 1.82) is 0 Å². The van der Waals surface area contributed by atoms with Crippen LogP contribution in [0, 0.1) is 5.92 Å². The molecule has 0 aliphatic carbocycles. The fraction of sp³-hybridized carbons (Fsp3) is 0.435. The van der Waals surface area contributed by atoms with Gasteiger partial charge in [0.1, 0.15) is 11.0 Å². The summed E-state index contributed by atoms with van der Waals surface area (Å²) in [6.45, 7) is 6.87. The molecule has 1 aliphatic rings. The summed E-state index contributed by atoms with van der Waals surface area (Å²) in [5, 5.41) is 9.11. The number of nitrogens with zero attached hydrogens (tertiary/aromatic N) is 7. The summed E-state index contributed by atoms with van der Waals surface area (Å²) < 4.78 is 3.49. The lowest BCUT2D eigenvalue weighted by Crippen LogP contribution is -2.36. The van der Waals surface area contributed by atoms with E-state index in [9.17, 15) is 4.79 Å². The van der Waals surface area contributed by atoms with Crippen molar-refractivity contribution >= 4 is 27.6 Å². The first-order chi connectivity index (χ1) is 15.5. The van der Waals surface area contributed by atoms with Crippen molar-refractivity contribution in [2.24, 2.45) is 13.0 Å². The summed E-state index contributed by atoms with van der Waals surface area (Å²) in [4.78, 5) is 24.9. The van der Waals surface area contributed by atoms with E-state index in [1.807, 2.05) is 16.7 Å². The summed E-state index contributed by atoms with van der Waals surface area (Å²) >= 11 is 1.57. The Bertz CT molecular complexity index is 1280. The van der Waals surface area contributed by atoms with E-state index in [-0.39, 0.29) is 5.69 Å². The molecule has 4 heterocycles. The Morgan fingerprint density at radius 1 is 1.19 bits per heavy atom. The number of hydrogen-bond donors (Lipinski definition) is 0. The fourth-order valence-corrected chi connectivity index (χ4v) is 5.16. The second kappa shape index (κ2) is 8.46. The van der Waals surface area contributed by atoms with Crippen molar-refractivity contribution < 1.29 is 0 Å². The maximum absolute atomic E-state index is 13.1. The Hall–Kier alpha value is -3.07. The van der Waals surface area contributed by atoms with Gasteiger partial charge in [0, 0.05) is 32.2 Å². The predicted octanol–water partition coefficient (Wildman–Crippen LogP) is 3.69. The lowest BCUT2D eigenvalue weighted by atomic mass is 9.97. The monoisotopic (exact) mass is 449 g/mol. The normalized spacial score (nSPS) is 15.2. The van der Waals surface area contributed by atoms with Crippen molar-refractivity contribution in [3.63, 3.8) is 0 Å². The smallest absolute Gasteiger partial charge is 0.330 e. The zero-order valence-electron chi connectivity index (χ0n) is 18.6. The molecule has 0 bridgehead atoms. The van der Waals surface area contributed by atoms with Crippen molar-refractivity contribution in [3.8, 4) is 11.4 Å². The highest BCUT2D eigenvalue weighted by Gasteiger charge is 2.24. The number of aryl methyl sites for hydroxylation is 1. The zero-order valence-corrected chi connectivity index (χ0v) is 19.4. The van der Waals surface area contributed by atoms with E-state index < -0.39 is 0 Å². The first kappa shape index (κ1) is 20.8. The molecule has 1 aliphatic heterocycles. The van der Waals surface area contributed by atoms with Crippen molar-refractivity contribution in [2.45, 2.75) is 39.2 Å². The largest absolute Gasteiger partial charge is 0.347 e. The SMILES string of the molecule is CC(C)c1ccccc1-c1ncc2c(n1)n(CC1CCN(c3nncs3)CC1)c(=O)n2C. The fourth-order valence-electron chi connectivity index (χ4n) is 4.54. The number of imidazole rings is 1. The van der Waals surface area contributed by atoms with Gasteiger partial charge in [-0.15, -0.1) is 10.2 Å². The van der Waals surface area contributed by atoms with Gasteiger partial charge in [-0.1, -0.05) is 49.4 Å². The van der Waals surface area contributed by atoms with Gasteiger partial charge in [0.25, 0.3) is 0 Å². The Morgan fingerprint density at radius 3 is 2.69 bits per heavy atom. The van der Waals surface area contributed by atoms with E-state index in [1.54, 1.807) is 34.7 Å². The highest BCUT2D eigenvalue weighted by molar-refractivity contribution is 7.13. The molecule has 0 radical (unpaired) electrons. The summed E-state index contributed by atoms with van der Waals surface area (Å²) in [6, 6.07) is 8.24. The Labute approximate surface area is 190 Å². The zero-order chi connectivity index (χ0) is 22.2. The topological polar surface area (TPSA) is 81.7 Å². The van der Waals surface area contributed by atoms with Gasteiger partial charge in [-0.25, -0.2) is 14.8 Å². The number of benzene rings is 1. The van der Waals surface area contributed by atoms with E-state index in [0.717, 1.165) is 42.1 Å². The maximum atomic E-state index is 13.1. The molecular formula is C23H27N7OS. The van der Waals surface area contributed by atoms with Gasteiger partial charge in [0.15, 0.2) is 11.5 Å². The molecule has 0 atom stereocenters. The van der Waals surface area contributed by atoms with Crippen molar-refractivity contribution in [1.82, 2.24) is 29.3 Å². The number of aromatic nitrogens is 6. The van der Waals surface area contributed by atoms with E-state index in [0.29, 0.717) is 29.9 Å². The van der Waals surface area contributed by atoms with E-state index in [1.165, 1.54) is 5.56 Å². The second-order valence-electron chi connectivity index (χ2n) is 8.75. The molecule has 0 saturated carbocycles. The second-order valence-corrected chi connectivity index (χ2v) is 9.56. The van der Waals surface area contributed by atoms with Crippen LogP contribution in [0.15, 0.2) is 40.8 Å². The number of hydrogen-bond acceptors (Lipinski definition) is 7. The molecule has 8 nitrogen and oxygen atoms in total. The summed E-state index contributed by atoms with van der Waals surface area (Å²) in [5.74, 6) is 1.46. The van der Waals surface area contributed by atoms with Crippen molar-refractivity contribution in [2.75, 3.05) is 18.0 Å². The Balaban J connectivity index is 1.45. The van der Waals surface area contributed by atoms with Crippen LogP contribution in [-0.2, 0) is 13.6 Å².